The normalized spacial score (nSPS) is 11.5. The molecule has 4 nitrogen and oxygen atoms in total. The smallest absolute Gasteiger partial charge is 0.343 e. The van der Waals surface area contributed by atoms with Crippen LogP contribution in [0.3, 0.4) is 0 Å². The minimum atomic E-state index is -0.384. The van der Waals surface area contributed by atoms with E-state index in [1.54, 1.807) is 24.3 Å². The molecule has 3 aromatic rings. The van der Waals surface area contributed by atoms with Crippen LogP contribution in [0.2, 0.25) is 0 Å². The summed E-state index contributed by atoms with van der Waals surface area (Å²) in [6.45, 7) is 9.52. The molecular weight excluding hydrogens is 460 g/mol. The molecule has 0 spiro atoms. The Labute approximate surface area is 222 Å². The summed E-state index contributed by atoms with van der Waals surface area (Å²) in [5.41, 5.74) is 2.60. The number of hydrogen-bond donors (Lipinski definition) is 0. The molecule has 0 heterocycles. The highest BCUT2D eigenvalue weighted by molar-refractivity contribution is 5.91. The minimum Gasteiger partial charge on any atom is -0.494 e. The Bertz CT molecular complexity index is 1070. The Kier molecular flexibility index (Phi) is 11.8. The number of unbranched alkanes of at least 4 members (excludes halogenated alkanes) is 5. The second-order valence-corrected chi connectivity index (χ2v) is 9.48. The number of benzene rings is 3. The van der Waals surface area contributed by atoms with Crippen LogP contribution in [0.4, 0.5) is 0 Å². The maximum Gasteiger partial charge on any atom is 0.343 e. The van der Waals surface area contributed by atoms with Crippen LogP contribution in [0.15, 0.2) is 85.5 Å². The molecule has 0 aliphatic rings. The summed E-state index contributed by atoms with van der Waals surface area (Å²) in [5.74, 6) is 2.31. The fourth-order valence-electron chi connectivity index (χ4n) is 3.78. The zero-order valence-corrected chi connectivity index (χ0v) is 22.3. The van der Waals surface area contributed by atoms with E-state index in [-0.39, 0.29) is 5.97 Å². The first-order chi connectivity index (χ1) is 18.1. The molecule has 1 atom stereocenters. The third-order valence-corrected chi connectivity index (χ3v) is 6.40. The molecule has 0 N–H and O–H groups in total. The molecule has 3 aromatic carbocycles. The number of ether oxygens (including phenoxy) is 3. The Morgan fingerprint density at radius 2 is 1.30 bits per heavy atom. The molecule has 196 valence electrons. The third-order valence-electron chi connectivity index (χ3n) is 6.40. The van der Waals surface area contributed by atoms with Gasteiger partial charge in [-0.15, -0.1) is 6.58 Å². The number of esters is 1. The summed E-state index contributed by atoms with van der Waals surface area (Å²) in [6, 6.07) is 22.7. The number of carbonyl (C=O) groups is 1. The van der Waals surface area contributed by atoms with E-state index >= 15 is 0 Å². The molecule has 0 aromatic heterocycles. The van der Waals surface area contributed by atoms with Crippen molar-refractivity contribution < 1.29 is 19.0 Å². The molecule has 0 saturated heterocycles. The van der Waals surface area contributed by atoms with Crippen LogP contribution >= 0.6 is 0 Å². The second kappa shape index (κ2) is 15.6. The lowest BCUT2D eigenvalue weighted by molar-refractivity contribution is 0.0734. The highest BCUT2D eigenvalue weighted by atomic mass is 16.5. The standard InChI is InChI=1S/C33H40O4/c1-4-6-7-8-9-10-11-24-35-30-20-22-32(23-21-30)37-33(34)29-14-12-27(13-15-29)28-16-18-31(19-17-28)36-25-26(3)5-2/h4,12-23,26H,1,5-11,24-25H2,2-3H3. The lowest BCUT2D eigenvalue weighted by Gasteiger charge is -2.11. The van der Waals surface area contributed by atoms with Gasteiger partial charge in [0.15, 0.2) is 0 Å². The highest BCUT2D eigenvalue weighted by Gasteiger charge is 2.10. The predicted octanol–water partition coefficient (Wildman–Crippen LogP) is 8.90. The van der Waals surface area contributed by atoms with Crippen LogP contribution in [-0.2, 0) is 0 Å². The lowest BCUT2D eigenvalue weighted by Crippen LogP contribution is -2.08. The van der Waals surface area contributed by atoms with Crippen LogP contribution < -0.4 is 14.2 Å². The Hall–Kier alpha value is -3.53. The molecule has 4 heteroatoms. The quantitative estimate of drug-likeness (QED) is 0.0852. The maximum absolute atomic E-state index is 12.6. The Morgan fingerprint density at radius 3 is 1.95 bits per heavy atom. The fourth-order valence-corrected chi connectivity index (χ4v) is 3.78. The van der Waals surface area contributed by atoms with Crippen LogP contribution in [0.1, 0.15) is 69.2 Å². The van der Waals surface area contributed by atoms with Crippen molar-refractivity contribution in [3.63, 3.8) is 0 Å². The van der Waals surface area contributed by atoms with Crippen molar-refractivity contribution in [1.29, 1.82) is 0 Å². The maximum atomic E-state index is 12.6. The first kappa shape index (κ1) is 28.0. The number of hydrogen-bond acceptors (Lipinski definition) is 4. The molecule has 3 rings (SSSR count). The van der Waals surface area contributed by atoms with Gasteiger partial charge in [-0.25, -0.2) is 4.79 Å². The van der Waals surface area contributed by atoms with E-state index in [2.05, 4.69) is 20.4 Å². The van der Waals surface area contributed by atoms with Crippen LogP contribution in [0, 0.1) is 5.92 Å². The summed E-state index contributed by atoms with van der Waals surface area (Å²) < 4.78 is 17.2. The topological polar surface area (TPSA) is 44.8 Å². The first-order valence-corrected chi connectivity index (χ1v) is 13.5. The van der Waals surface area contributed by atoms with E-state index < -0.39 is 0 Å². The molecule has 0 radical (unpaired) electrons. The van der Waals surface area contributed by atoms with E-state index in [9.17, 15) is 4.79 Å². The number of allylic oxidation sites excluding steroid dienone is 1. The Morgan fingerprint density at radius 1 is 0.757 bits per heavy atom. The zero-order chi connectivity index (χ0) is 26.3. The van der Waals surface area contributed by atoms with Crippen LogP contribution in [-0.4, -0.2) is 19.2 Å². The largest absolute Gasteiger partial charge is 0.494 e. The van der Waals surface area contributed by atoms with Crippen molar-refractivity contribution in [1.82, 2.24) is 0 Å². The minimum absolute atomic E-state index is 0.384. The molecule has 0 aliphatic carbocycles. The Balaban J connectivity index is 1.43. The van der Waals surface area contributed by atoms with Gasteiger partial charge in [0.25, 0.3) is 0 Å². The van der Waals surface area contributed by atoms with Gasteiger partial charge in [-0.1, -0.05) is 69.9 Å². The van der Waals surface area contributed by atoms with Crippen molar-refractivity contribution in [2.75, 3.05) is 13.2 Å². The van der Waals surface area contributed by atoms with E-state index in [1.807, 2.05) is 54.6 Å². The molecule has 0 bridgehead atoms. The number of rotatable bonds is 16. The average molecular weight is 501 g/mol. The monoisotopic (exact) mass is 500 g/mol. The molecular formula is C33H40O4. The zero-order valence-electron chi connectivity index (χ0n) is 22.3. The van der Waals surface area contributed by atoms with Gasteiger partial charge < -0.3 is 14.2 Å². The molecule has 1 unspecified atom stereocenters. The van der Waals surface area contributed by atoms with Crippen LogP contribution in [0.5, 0.6) is 17.2 Å². The molecule has 0 saturated carbocycles. The van der Waals surface area contributed by atoms with Gasteiger partial charge in [-0.05, 0) is 84.8 Å². The summed E-state index contributed by atoms with van der Waals surface area (Å²) in [5, 5.41) is 0. The molecule has 0 aliphatic heterocycles. The van der Waals surface area contributed by atoms with Crippen LogP contribution in [0.25, 0.3) is 11.1 Å². The molecule has 0 fully saturated rings. The second-order valence-electron chi connectivity index (χ2n) is 9.48. The van der Waals surface area contributed by atoms with Gasteiger partial charge >= 0.3 is 5.97 Å². The van der Waals surface area contributed by atoms with Crippen molar-refractivity contribution in [2.45, 2.75) is 58.8 Å². The van der Waals surface area contributed by atoms with E-state index in [1.165, 1.54) is 25.7 Å². The summed E-state index contributed by atoms with van der Waals surface area (Å²) >= 11 is 0. The number of carbonyl (C=O) groups excluding carboxylic acids is 1. The van der Waals surface area contributed by atoms with E-state index in [0.717, 1.165) is 48.5 Å². The van der Waals surface area contributed by atoms with Crippen molar-refractivity contribution >= 4 is 5.97 Å². The van der Waals surface area contributed by atoms with Gasteiger partial charge in [0.1, 0.15) is 17.2 Å². The van der Waals surface area contributed by atoms with Gasteiger partial charge in [0.2, 0.25) is 0 Å². The first-order valence-electron chi connectivity index (χ1n) is 13.5. The SMILES string of the molecule is C=CCCCCCCCOc1ccc(OC(=O)c2ccc(-c3ccc(OCC(C)CC)cc3)cc2)cc1. The van der Waals surface area contributed by atoms with Crippen molar-refractivity contribution in [2.24, 2.45) is 5.92 Å². The van der Waals surface area contributed by atoms with Gasteiger partial charge in [-0.2, -0.15) is 0 Å². The van der Waals surface area contributed by atoms with Crippen molar-refractivity contribution in [3.05, 3.63) is 91.0 Å². The summed E-state index contributed by atoms with van der Waals surface area (Å²) in [7, 11) is 0. The predicted molar refractivity (Wildman–Crippen MR) is 152 cm³/mol. The average Bonchev–Trinajstić information content (AvgIpc) is 2.94. The summed E-state index contributed by atoms with van der Waals surface area (Å²) in [6.07, 6.45) is 10.1. The van der Waals surface area contributed by atoms with E-state index in [0.29, 0.717) is 23.8 Å². The third kappa shape index (κ3) is 9.80. The molecule has 0 amide bonds. The van der Waals surface area contributed by atoms with Gasteiger partial charge in [0, 0.05) is 0 Å². The van der Waals surface area contributed by atoms with Gasteiger partial charge in [-0.3, -0.25) is 0 Å². The lowest BCUT2D eigenvalue weighted by atomic mass is 10.0. The molecule has 37 heavy (non-hydrogen) atoms. The summed E-state index contributed by atoms with van der Waals surface area (Å²) in [4.78, 5) is 12.6. The van der Waals surface area contributed by atoms with Crippen molar-refractivity contribution in [3.8, 4) is 28.4 Å². The highest BCUT2D eigenvalue weighted by Crippen LogP contribution is 2.24. The van der Waals surface area contributed by atoms with E-state index in [4.69, 9.17) is 14.2 Å². The van der Waals surface area contributed by atoms with Gasteiger partial charge in [0.05, 0.1) is 18.8 Å². The fraction of sp³-hybridized carbons (Fsp3) is 0.364.